The Balaban J connectivity index is 0.000000446. The molecule has 2 aliphatic rings. The van der Waals surface area contributed by atoms with E-state index in [9.17, 15) is 14.4 Å². The van der Waals surface area contributed by atoms with E-state index in [0.29, 0.717) is 30.3 Å². The topological polar surface area (TPSA) is 101 Å². The Kier molecular flexibility index (Phi) is 10.5. The predicted octanol–water partition coefficient (Wildman–Crippen LogP) is 5.48. The third-order valence-corrected chi connectivity index (χ3v) is 7.93. The molecule has 3 aromatic carbocycles. The number of carbonyl (C=O) groups excluding carboxylic acids is 1. The molecule has 0 spiro atoms. The number of aliphatic carboxylic acids is 2. The summed E-state index contributed by atoms with van der Waals surface area (Å²) >= 11 is 0. The van der Waals surface area contributed by atoms with E-state index in [2.05, 4.69) is 82.6 Å². The molecular weight excluding hydrogens is 530 g/mol. The minimum atomic E-state index is -1.26. The molecule has 2 fully saturated rings. The van der Waals surface area contributed by atoms with Crippen LogP contribution in [0.2, 0.25) is 0 Å². The Morgan fingerprint density at radius 2 is 1.26 bits per heavy atom. The summed E-state index contributed by atoms with van der Waals surface area (Å²) in [5.74, 6) is -2.47. The molecule has 8 nitrogen and oxygen atoms in total. The number of carbonyl (C=O) groups is 3. The molecule has 42 heavy (non-hydrogen) atoms. The summed E-state index contributed by atoms with van der Waals surface area (Å²) < 4.78 is 0. The molecule has 8 heteroatoms. The quantitative estimate of drug-likeness (QED) is 0.329. The zero-order valence-corrected chi connectivity index (χ0v) is 24.2. The number of piperidine rings is 1. The number of hydrogen-bond acceptors (Lipinski definition) is 5. The second kappa shape index (κ2) is 14.5. The molecule has 0 aromatic heterocycles. The van der Waals surface area contributed by atoms with Crippen LogP contribution in [0.4, 0.5) is 11.4 Å². The van der Waals surface area contributed by atoms with Gasteiger partial charge < -0.3 is 20.0 Å². The van der Waals surface area contributed by atoms with Crippen molar-refractivity contribution in [3.63, 3.8) is 0 Å². The van der Waals surface area contributed by atoms with Gasteiger partial charge in [0.25, 0.3) is 5.91 Å². The van der Waals surface area contributed by atoms with Crippen LogP contribution < -0.4 is 4.90 Å². The molecule has 2 aliphatic heterocycles. The fourth-order valence-corrected chi connectivity index (χ4v) is 6.05. The van der Waals surface area contributed by atoms with Gasteiger partial charge in [-0.15, -0.1) is 0 Å². The van der Waals surface area contributed by atoms with E-state index in [4.69, 9.17) is 10.2 Å². The van der Waals surface area contributed by atoms with Crippen LogP contribution in [0.25, 0.3) is 0 Å². The maximum absolute atomic E-state index is 12.4. The molecule has 1 amide bonds. The van der Waals surface area contributed by atoms with E-state index in [-0.39, 0.29) is 5.91 Å². The molecule has 220 valence electrons. The standard InChI is InChI=1S/C30H35N3O.C4H4O4/c1-31(2)30(34)24-13-15-26(16-14-24)33(25-11-7-4-8-12-25)29-21-27-17-18-28(22-29)32(27)20-19-23-9-5-3-6-10-23;5-3(6)1-2-4(7)8/h3-16,27-29H,17-22H2,1-2H3;1-2H,(H,5,6)(H,7,8)/b;2-1+. The van der Waals surface area contributed by atoms with Gasteiger partial charge in [-0.05, 0) is 74.1 Å². The summed E-state index contributed by atoms with van der Waals surface area (Å²) in [5.41, 5.74) is 4.57. The molecule has 2 N–H and O–H groups in total. The zero-order valence-electron chi connectivity index (χ0n) is 24.2. The highest BCUT2D eigenvalue weighted by atomic mass is 16.4. The SMILES string of the molecule is CN(C)C(=O)c1ccc(N(c2ccccc2)C2CC3CCC(C2)N3CCc2ccccc2)cc1.O=C(O)/C=C/C(=O)O. The van der Waals surface area contributed by atoms with Crippen molar-refractivity contribution < 1.29 is 24.6 Å². The van der Waals surface area contributed by atoms with Gasteiger partial charge in [-0.3, -0.25) is 9.69 Å². The summed E-state index contributed by atoms with van der Waals surface area (Å²) in [6.45, 7) is 1.15. The summed E-state index contributed by atoms with van der Waals surface area (Å²) in [6, 6.07) is 31.6. The lowest BCUT2D eigenvalue weighted by atomic mass is 9.94. The fraction of sp³-hybridized carbons (Fsp3) is 0.324. The van der Waals surface area contributed by atoms with E-state index in [0.717, 1.165) is 18.5 Å². The highest BCUT2D eigenvalue weighted by Crippen LogP contribution is 2.41. The lowest BCUT2D eigenvalue weighted by Crippen LogP contribution is -2.50. The second-order valence-corrected chi connectivity index (χ2v) is 10.9. The zero-order chi connectivity index (χ0) is 30.1. The van der Waals surface area contributed by atoms with Crippen LogP contribution in [0.15, 0.2) is 97.1 Å². The van der Waals surface area contributed by atoms with Gasteiger partial charge in [0.1, 0.15) is 0 Å². The van der Waals surface area contributed by atoms with Crippen LogP contribution in [-0.2, 0) is 16.0 Å². The van der Waals surface area contributed by atoms with Crippen molar-refractivity contribution in [2.45, 2.75) is 50.2 Å². The van der Waals surface area contributed by atoms with Crippen LogP contribution in [0.3, 0.4) is 0 Å². The van der Waals surface area contributed by atoms with Gasteiger partial charge in [0.2, 0.25) is 0 Å². The number of benzene rings is 3. The van der Waals surface area contributed by atoms with E-state index in [1.165, 1.54) is 42.6 Å². The van der Waals surface area contributed by atoms with Gasteiger partial charge in [-0.1, -0.05) is 48.5 Å². The minimum Gasteiger partial charge on any atom is -0.478 e. The van der Waals surface area contributed by atoms with Crippen LogP contribution in [0.1, 0.15) is 41.6 Å². The summed E-state index contributed by atoms with van der Waals surface area (Å²) in [6.07, 6.45) is 7.20. The number of hydrogen-bond donors (Lipinski definition) is 2. The van der Waals surface area contributed by atoms with Crippen LogP contribution in [0.5, 0.6) is 0 Å². The molecule has 2 atom stereocenters. The maximum Gasteiger partial charge on any atom is 0.328 e. The number of anilines is 2. The van der Waals surface area contributed by atoms with E-state index in [1.54, 1.807) is 19.0 Å². The van der Waals surface area contributed by atoms with E-state index in [1.807, 2.05) is 12.1 Å². The number of rotatable bonds is 9. The highest BCUT2D eigenvalue weighted by Gasteiger charge is 2.42. The van der Waals surface area contributed by atoms with E-state index < -0.39 is 11.9 Å². The Morgan fingerprint density at radius 3 is 1.76 bits per heavy atom. The molecule has 2 unspecified atom stereocenters. The van der Waals surface area contributed by atoms with Crippen LogP contribution >= 0.6 is 0 Å². The summed E-state index contributed by atoms with van der Waals surface area (Å²) in [4.78, 5) is 38.4. The van der Waals surface area contributed by atoms with Gasteiger partial charge in [-0.25, -0.2) is 9.59 Å². The molecule has 2 bridgehead atoms. The Hall–Kier alpha value is -4.43. The largest absolute Gasteiger partial charge is 0.478 e. The van der Waals surface area contributed by atoms with Gasteiger partial charge in [0, 0.05) is 67.9 Å². The van der Waals surface area contributed by atoms with Crippen molar-refractivity contribution in [1.29, 1.82) is 0 Å². The lowest BCUT2D eigenvalue weighted by molar-refractivity contribution is -0.134. The molecule has 0 aliphatic carbocycles. The normalized spacial score (nSPS) is 19.5. The molecule has 3 aromatic rings. The van der Waals surface area contributed by atoms with Crippen LogP contribution in [-0.4, -0.2) is 76.6 Å². The van der Waals surface area contributed by atoms with Gasteiger partial charge in [-0.2, -0.15) is 0 Å². The molecule has 2 heterocycles. The number of nitrogens with zero attached hydrogens (tertiary/aromatic N) is 3. The smallest absolute Gasteiger partial charge is 0.328 e. The average Bonchev–Trinajstić information content (AvgIpc) is 3.23. The Bertz CT molecular complexity index is 1330. The van der Waals surface area contributed by atoms with Gasteiger partial charge in [0.15, 0.2) is 0 Å². The Labute approximate surface area is 247 Å². The van der Waals surface area contributed by atoms with Crippen molar-refractivity contribution in [2.24, 2.45) is 0 Å². The minimum absolute atomic E-state index is 0.0441. The molecule has 5 rings (SSSR count). The monoisotopic (exact) mass is 569 g/mol. The van der Waals surface area contributed by atoms with Crippen molar-refractivity contribution in [2.75, 3.05) is 25.5 Å². The summed E-state index contributed by atoms with van der Waals surface area (Å²) in [7, 11) is 3.60. The fourth-order valence-electron chi connectivity index (χ4n) is 6.05. The van der Waals surface area contributed by atoms with Crippen molar-refractivity contribution in [1.82, 2.24) is 9.80 Å². The molecule has 0 saturated carbocycles. The first-order valence-corrected chi connectivity index (χ1v) is 14.3. The van der Waals surface area contributed by atoms with Crippen LogP contribution in [0, 0.1) is 0 Å². The number of para-hydroxylation sites is 1. The van der Waals surface area contributed by atoms with Gasteiger partial charge in [0.05, 0.1) is 0 Å². The van der Waals surface area contributed by atoms with Crippen molar-refractivity contribution in [3.05, 3.63) is 108 Å². The van der Waals surface area contributed by atoms with Crippen molar-refractivity contribution in [3.8, 4) is 0 Å². The first-order chi connectivity index (χ1) is 20.2. The highest BCUT2D eigenvalue weighted by molar-refractivity contribution is 5.94. The first kappa shape index (κ1) is 30.5. The number of fused-ring (bicyclic) bond motifs is 2. The van der Waals surface area contributed by atoms with Crippen molar-refractivity contribution >= 4 is 29.2 Å². The molecular formula is C34H39N3O5. The Morgan fingerprint density at radius 1 is 0.762 bits per heavy atom. The average molecular weight is 570 g/mol. The van der Waals surface area contributed by atoms with E-state index >= 15 is 0 Å². The molecule has 2 saturated heterocycles. The predicted molar refractivity (Wildman–Crippen MR) is 164 cm³/mol. The van der Waals surface area contributed by atoms with Gasteiger partial charge >= 0.3 is 11.9 Å². The summed E-state index contributed by atoms with van der Waals surface area (Å²) in [5, 5.41) is 15.6. The second-order valence-electron chi connectivity index (χ2n) is 10.9. The first-order valence-electron chi connectivity index (χ1n) is 14.3. The third kappa shape index (κ3) is 8.07. The lowest BCUT2D eigenvalue weighted by Gasteiger charge is -2.44. The number of carboxylic acid groups (broad SMARTS) is 2. The maximum atomic E-state index is 12.4. The molecule has 0 radical (unpaired) electrons. The number of amides is 1. The third-order valence-electron chi connectivity index (χ3n) is 7.93. The number of carboxylic acids is 2.